The van der Waals surface area contributed by atoms with Gasteiger partial charge in [0, 0.05) is 29.4 Å². The molecule has 0 aliphatic carbocycles. The second kappa shape index (κ2) is 6.67. The number of nitrogens with two attached hydrogens (primary N) is 1. The minimum absolute atomic E-state index is 0.393. The Kier molecular flexibility index (Phi) is 4.44. The van der Waals surface area contributed by atoms with E-state index in [2.05, 4.69) is 4.98 Å². The fourth-order valence-electron chi connectivity index (χ4n) is 2.59. The molecule has 2 aromatic carbocycles. The maximum absolute atomic E-state index is 12.0. The second-order valence-corrected chi connectivity index (χ2v) is 5.71. The molecule has 1 aromatic heterocycles. The van der Waals surface area contributed by atoms with E-state index in [1.165, 1.54) is 0 Å². The van der Waals surface area contributed by atoms with Crippen LogP contribution in [0.15, 0.2) is 67.0 Å². The van der Waals surface area contributed by atoms with E-state index in [0.29, 0.717) is 17.3 Å². The summed E-state index contributed by atoms with van der Waals surface area (Å²) in [5.74, 6) is 0.280. The van der Waals surface area contributed by atoms with E-state index in [9.17, 15) is 4.79 Å². The Labute approximate surface area is 139 Å². The highest BCUT2D eigenvalue weighted by Gasteiger charge is 2.21. The van der Waals surface area contributed by atoms with Crippen LogP contribution >= 0.6 is 11.6 Å². The fourth-order valence-corrected chi connectivity index (χ4v) is 2.78. The van der Waals surface area contributed by atoms with E-state index in [1.807, 2.05) is 48.5 Å². The van der Waals surface area contributed by atoms with Crippen molar-refractivity contribution >= 4 is 17.5 Å². The highest BCUT2D eigenvalue weighted by Crippen LogP contribution is 2.25. The van der Waals surface area contributed by atoms with Gasteiger partial charge in [-0.1, -0.05) is 54.1 Å². The van der Waals surface area contributed by atoms with Crippen LogP contribution in [0.2, 0.25) is 5.02 Å². The monoisotopic (exact) mass is 325 g/mol. The standard InChI is InChI=1S/C18H16ClN3O/c19-15-8-4-7-14(12-15)18-21-9-10-22(18)16(17(20)23)11-13-5-2-1-3-6-13/h1-10,12,16H,11H2,(H2,20,23)/t16-/m0/s1. The van der Waals surface area contributed by atoms with Gasteiger partial charge in [-0.3, -0.25) is 4.79 Å². The van der Waals surface area contributed by atoms with Crippen LogP contribution in [-0.2, 0) is 11.2 Å². The number of benzene rings is 2. The third-order valence-electron chi connectivity index (χ3n) is 3.69. The molecule has 3 aromatic rings. The summed E-state index contributed by atoms with van der Waals surface area (Å²) in [5, 5.41) is 0.621. The molecule has 5 heteroatoms. The molecule has 0 saturated carbocycles. The van der Waals surface area contributed by atoms with Gasteiger partial charge < -0.3 is 10.3 Å². The summed E-state index contributed by atoms with van der Waals surface area (Å²) in [5.41, 5.74) is 7.53. The van der Waals surface area contributed by atoms with Crippen LogP contribution in [0.3, 0.4) is 0 Å². The van der Waals surface area contributed by atoms with E-state index in [-0.39, 0.29) is 0 Å². The van der Waals surface area contributed by atoms with Crippen LogP contribution < -0.4 is 5.73 Å². The Hall–Kier alpha value is -2.59. The highest BCUT2D eigenvalue weighted by atomic mass is 35.5. The molecule has 1 amide bonds. The first kappa shape index (κ1) is 15.3. The number of halogens is 1. The molecule has 1 atom stereocenters. The van der Waals surface area contributed by atoms with Crippen molar-refractivity contribution in [3.63, 3.8) is 0 Å². The predicted molar refractivity (Wildman–Crippen MR) is 91.1 cm³/mol. The molecule has 0 fully saturated rings. The van der Waals surface area contributed by atoms with E-state index in [4.69, 9.17) is 17.3 Å². The summed E-state index contributed by atoms with van der Waals surface area (Å²) in [4.78, 5) is 16.4. The summed E-state index contributed by atoms with van der Waals surface area (Å²) < 4.78 is 1.81. The van der Waals surface area contributed by atoms with Gasteiger partial charge in [-0.15, -0.1) is 0 Å². The number of nitrogens with zero attached hydrogens (tertiary/aromatic N) is 2. The number of rotatable bonds is 5. The smallest absolute Gasteiger partial charge is 0.240 e. The predicted octanol–water partition coefficient (Wildman–Crippen LogP) is 3.47. The molecule has 2 N–H and O–H groups in total. The van der Waals surface area contributed by atoms with Crippen LogP contribution in [0.1, 0.15) is 11.6 Å². The number of aromatic nitrogens is 2. The van der Waals surface area contributed by atoms with Crippen LogP contribution in [-0.4, -0.2) is 15.5 Å². The lowest BCUT2D eigenvalue weighted by Crippen LogP contribution is -2.28. The quantitative estimate of drug-likeness (QED) is 0.780. The summed E-state index contributed by atoms with van der Waals surface area (Å²) in [6, 6.07) is 16.7. The minimum atomic E-state index is -0.506. The van der Waals surface area contributed by atoms with Crippen LogP contribution in [0.25, 0.3) is 11.4 Å². The van der Waals surface area contributed by atoms with E-state index < -0.39 is 11.9 Å². The third-order valence-corrected chi connectivity index (χ3v) is 3.92. The first-order chi connectivity index (χ1) is 11.1. The van der Waals surface area contributed by atoms with Crippen molar-refractivity contribution < 1.29 is 4.79 Å². The molecule has 23 heavy (non-hydrogen) atoms. The average molecular weight is 326 g/mol. The van der Waals surface area contributed by atoms with Crippen LogP contribution in [0.5, 0.6) is 0 Å². The van der Waals surface area contributed by atoms with Crippen LogP contribution in [0.4, 0.5) is 0 Å². The van der Waals surface area contributed by atoms with Gasteiger partial charge in [0.1, 0.15) is 11.9 Å². The molecular formula is C18H16ClN3O. The Bertz CT molecular complexity index is 814. The van der Waals surface area contributed by atoms with Crippen molar-refractivity contribution in [3.05, 3.63) is 77.6 Å². The van der Waals surface area contributed by atoms with Gasteiger partial charge in [-0.05, 0) is 17.7 Å². The number of amides is 1. The number of hydrogen-bond acceptors (Lipinski definition) is 2. The van der Waals surface area contributed by atoms with Gasteiger partial charge >= 0.3 is 0 Å². The van der Waals surface area contributed by atoms with Gasteiger partial charge in [-0.25, -0.2) is 4.98 Å². The van der Waals surface area contributed by atoms with Crippen molar-refractivity contribution in [2.75, 3.05) is 0 Å². The maximum Gasteiger partial charge on any atom is 0.240 e. The van der Waals surface area contributed by atoms with Gasteiger partial charge in [-0.2, -0.15) is 0 Å². The zero-order valence-electron chi connectivity index (χ0n) is 12.4. The molecule has 116 valence electrons. The summed E-state index contributed by atoms with van der Waals surface area (Å²) in [7, 11) is 0. The normalized spacial score (nSPS) is 12.0. The molecule has 0 aliphatic heterocycles. The van der Waals surface area contributed by atoms with Crippen molar-refractivity contribution in [1.29, 1.82) is 0 Å². The zero-order valence-corrected chi connectivity index (χ0v) is 13.1. The number of primary amides is 1. The maximum atomic E-state index is 12.0. The lowest BCUT2D eigenvalue weighted by molar-refractivity contribution is -0.121. The molecule has 0 bridgehead atoms. The molecule has 1 heterocycles. The molecule has 4 nitrogen and oxygen atoms in total. The molecule has 0 radical (unpaired) electrons. The number of carbonyl (C=O) groups is 1. The number of carbonyl (C=O) groups excluding carboxylic acids is 1. The van der Waals surface area contributed by atoms with E-state index in [0.717, 1.165) is 11.1 Å². The Morgan fingerprint density at radius 3 is 2.65 bits per heavy atom. The van der Waals surface area contributed by atoms with Gasteiger partial charge in [0.05, 0.1) is 0 Å². The summed E-state index contributed by atoms with van der Waals surface area (Å²) in [6.07, 6.45) is 3.95. The van der Waals surface area contributed by atoms with Crippen molar-refractivity contribution in [2.24, 2.45) is 5.73 Å². The van der Waals surface area contributed by atoms with Crippen molar-refractivity contribution in [2.45, 2.75) is 12.5 Å². The first-order valence-corrected chi connectivity index (χ1v) is 7.65. The largest absolute Gasteiger partial charge is 0.368 e. The molecule has 0 saturated heterocycles. The molecule has 3 rings (SSSR count). The van der Waals surface area contributed by atoms with Crippen molar-refractivity contribution in [3.8, 4) is 11.4 Å². The Morgan fingerprint density at radius 1 is 1.17 bits per heavy atom. The van der Waals surface area contributed by atoms with Gasteiger partial charge in [0.25, 0.3) is 0 Å². The average Bonchev–Trinajstić information content (AvgIpc) is 3.02. The molecule has 0 aliphatic rings. The minimum Gasteiger partial charge on any atom is -0.368 e. The lowest BCUT2D eigenvalue weighted by atomic mass is 10.0. The van der Waals surface area contributed by atoms with Crippen LogP contribution in [0, 0.1) is 0 Å². The van der Waals surface area contributed by atoms with Crippen molar-refractivity contribution in [1.82, 2.24) is 9.55 Å². The van der Waals surface area contributed by atoms with E-state index in [1.54, 1.807) is 23.0 Å². The number of hydrogen-bond donors (Lipinski definition) is 1. The zero-order chi connectivity index (χ0) is 16.2. The Morgan fingerprint density at radius 2 is 1.96 bits per heavy atom. The summed E-state index contributed by atoms with van der Waals surface area (Å²) >= 11 is 6.06. The topological polar surface area (TPSA) is 60.9 Å². The lowest BCUT2D eigenvalue weighted by Gasteiger charge is -2.18. The molecule has 0 unspecified atom stereocenters. The van der Waals surface area contributed by atoms with Gasteiger partial charge in [0.15, 0.2) is 0 Å². The summed E-state index contributed by atoms with van der Waals surface area (Å²) in [6.45, 7) is 0. The number of imidazole rings is 1. The fraction of sp³-hybridized carbons (Fsp3) is 0.111. The highest BCUT2D eigenvalue weighted by molar-refractivity contribution is 6.30. The molecule has 0 spiro atoms. The molecular weight excluding hydrogens is 310 g/mol. The van der Waals surface area contributed by atoms with E-state index >= 15 is 0 Å². The van der Waals surface area contributed by atoms with Gasteiger partial charge in [0.2, 0.25) is 5.91 Å². The SMILES string of the molecule is NC(=O)[C@H](Cc1ccccc1)n1ccnc1-c1cccc(Cl)c1. The second-order valence-electron chi connectivity index (χ2n) is 5.28. The third kappa shape index (κ3) is 3.43. The first-order valence-electron chi connectivity index (χ1n) is 7.27. The Balaban J connectivity index is 1.99.